The quantitative estimate of drug-likeness (QED) is 0.152. The number of hydrogen-bond donors (Lipinski definition) is 6. The highest BCUT2D eigenvalue weighted by Crippen LogP contribution is 2.12. The summed E-state index contributed by atoms with van der Waals surface area (Å²) >= 11 is 0. The number of carbonyl (C=O) groups is 4. The molecule has 12 nitrogen and oxygen atoms in total. The monoisotopic (exact) mass is 686 g/mol. The lowest BCUT2D eigenvalue weighted by Gasteiger charge is -2.19. The van der Waals surface area contributed by atoms with Gasteiger partial charge in [-0.1, -0.05) is 36.4 Å². The first-order valence-corrected chi connectivity index (χ1v) is 15.1. The Morgan fingerprint density at radius 3 is 1.38 bits per heavy atom. The number of nitrogens with one attached hydrogen (secondary N) is 4. The lowest BCUT2D eigenvalue weighted by atomic mass is 10.2. The average molecular weight is 687 g/mol. The highest BCUT2D eigenvalue weighted by atomic mass is 35.5. The van der Waals surface area contributed by atoms with E-state index in [4.69, 9.17) is 20.9 Å². The number of nitrogens with two attached hydrogens (primary N) is 2. The van der Waals surface area contributed by atoms with Gasteiger partial charge in [0.2, 0.25) is 11.8 Å². The van der Waals surface area contributed by atoms with Gasteiger partial charge in [-0.05, 0) is 94.6 Å². The Bertz CT molecular complexity index is 1470. The van der Waals surface area contributed by atoms with Crippen LogP contribution in [0.5, 0.6) is 0 Å². The van der Waals surface area contributed by atoms with Gasteiger partial charge in [0.25, 0.3) is 0 Å². The summed E-state index contributed by atoms with van der Waals surface area (Å²) in [6.45, 7) is 15.1. The minimum absolute atomic E-state index is 0. The van der Waals surface area contributed by atoms with Crippen molar-refractivity contribution in [2.24, 2.45) is 5.73 Å². The van der Waals surface area contributed by atoms with Crippen LogP contribution < -0.4 is 32.7 Å². The molecule has 3 rings (SSSR count). The molecule has 3 aromatic rings. The molecule has 3 aromatic carbocycles. The van der Waals surface area contributed by atoms with Crippen molar-refractivity contribution in [1.29, 1.82) is 0 Å². The van der Waals surface area contributed by atoms with Gasteiger partial charge in [0.05, 0.1) is 0 Å². The molecule has 0 saturated heterocycles. The molecule has 13 heteroatoms. The number of rotatable bonds is 7. The lowest BCUT2D eigenvalue weighted by Crippen LogP contribution is -2.32. The fraction of sp³-hybridized carbons (Fsp3) is 0.371. The van der Waals surface area contributed by atoms with E-state index < -0.39 is 23.4 Å². The van der Waals surface area contributed by atoms with E-state index in [1.54, 1.807) is 18.2 Å². The molecule has 0 unspecified atom stereocenters. The van der Waals surface area contributed by atoms with Gasteiger partial charge in [0, 0.05) is 50.5 Å². The number of anilines is 3. The van der Waals surface area contributed by atoms with Gasteiger partial charge in [-0.15, -0.1) is 12.4 Å². The Balaban J connectivity index is 0.000000700. The maximum atomic E-state index is 11.5. The van der Waals surface area contributed by atoms with Crippen LogP contribution in [-0.2, 0) is 38.7 Å². The Morgan fingerprint density at radius 2 is 1.00 bits per heavy atom. The van der Waals surface area contributed by atoms with Crippen LogP contribution in [0.15, 0.2) is 72.8 Å². The van der Waals surface area contributed by atoms with Crippen molar-refractivity contribution in [1.82, 2.24) is 10.6 Å². The number of nitrogen functional groups attached to an aromatic ring is 1. The topological polar surface area (TPSA) is 187 Å². The minimum atomic E-state index is -0.512. The highest BCUT2D eigenvalue weighted by Gasteiger charge is 2.16. The smallest absolute Gasteiger partial charge is 0.407 e. The number of halogens is 1. The van der Waals surface area contributed by atoms with Crippen molar-refractivity contribution in [2.45, 2.75) is 86.2 Å². The van der Waals surface area contributed by atoms with Crippen molar-refractivity contribution < 1.29 is 28.7 Å². The SMILES string of the molecule is CC(=O)Nc1cccc(CN)c1.CC(=O)Nc1cccc(CNC(=O)OC(C)(C)C)c1.CC(C)(C)OC(=O)NCc1cccc(N)c1.Cl. The summed E-state index contributed by atoms with van der Waals surface area (Å²) in [4.78, 5) is 44.5. The maximum Gasteiger partial charge on any atom is 0.407 e. The van der Waals surface area contributed by atoms with Gasteiger partial charge in [0.1, 0.15) is 11.2 Å². The van der Waals surface area contributed by atoms with Crippen molar-refractivity contribution in [3.05, 3.63) is 89.5 Å². The standard InChI is InChI=1S/C14H20N2O3.C12H18N2O2.C9H12N2O.ClH/c1-10(17)16-12-7-5-6-11(8-12)9-15-13(18)19-14(2,3)4;1-12(2,3)16-11(15)14-8-9-5-4-6-10(13)7-9;1-7(12)11-9-4-2-3-8(5-9)6-10;/h5-8H,9H2,1-4H3,(H,15,18)(H,16,17);4-7H,8,13H2,1-3H3,(H,14,15);2-5H,6,10H2,1H3,(H,11,12);1H. The lowest BCUT2D eigenvalue weighted by molar-refractivity contribution is -0.115. The van der Waals surface area contributed by atoms with Crippen LogP contribution in [0.1, 0.15) is 72.1 Å². The molecule has 0 atom stereocenters. The third kappa shape index (κ3) is 21.8. The molecule has 0 aromatic heterocycles. The summed E-state index contributed by atoms with van der Waals surface area (Å²) in [6, 6.07) is 22.1. The third-order valence-corrected chi connectivity index (χ3v) is 5.35. The first kappa shape index (κ1) is 43.2. The molecule has 0 aliphatic carbocycles. The molecular formula is C35H51ClN6O6. The van der Waals surface area contributed by atoms with E-state index in [-0.39, 0.29) is 24.2 Å². The first-order chi connectivity index (χ1) is 21.8. The Labute approximate surface area is 290 Å². The Hall–Kier alpha value is -4.81. The predicted molar refractivity (Wildman–Crippen MR) is 194 cm³/mol. The second-order valence-electron chi connectivity index (χ2n) is 12.4. The molecule has 0 heterocycles. The average Bonchev–Trinajstić information content (AvgIpc) is 2.94. The van der Waals surface area contributed by atoms with Crippen LogP contribution in [0, 0.1) is 0 Å². The number of alkyl carbamates (subject to hydrolysis) is 2. The van der Waals surface area contributed by atoms with Crippen LogP contribution in [0.25, 0.3) is 0 Å². The number of hydrogen-bond acceptors (Lipinski definition) is 8. The van der Waals surface area contributed by atoms with Crippen LogP contribution in [0.3, 0.4) is 0 Å². The zero-order valence-electron chi connectivity index (χ0n) is 29.1. The van der Waals surface area contributed by atoms with Gasteiger partial charge in [-0.2, -0.15) is 0 Å². The molecule has 0 aliphatic rings. The zero-order valence-corrected chi connectivity index (χ0v) is 29.9. The van der Waals surface area contributed by atoms with E-state index in [1.165, 1.54) is 13.8 Å². The number of ether oxygens (including phenoxy) is 2. The normalized spacial score (nSPS) is 10.3. The van der Waals surface area contributed by atoms with E-state index >= 15 is 0 Å². The van der Waals surface area contributed by atoms with Crippen LogP contribution in [0.4, 0.5) is 26.7 Å². The predicted octanol–water partition coefficient (Wildman–Crippen LogP) is 6.49. The zero-order chi connectivity index (χ0) is 35.6. The summed E-state index contributed by atoms with van der Waals surface area (Å²) in [5.74, 6) is -0.193. The maximum absolute atomic E-state index is 11.5. The van der Waals surface area contributed by atoms with Crippen molar-refractivity contribution >= 4 is 53.5 Å². The molecule has 0 bridgehead atoms. The molecule has 8 N–H and O–H groups in total. The third-order valence-electron chi connectivity index (χ3n) is 5.35. The molecule has 0 fully saturated rings. The molecule has 264 valence electrons. The molecular weight excluding hydrogens is 636 g/mol. The highest BCUT2D eigenvalue weighted by molar-refractivity contribution is 5.89. The largest absolute Gasteiger partial charge is 0.444 e. The van der Waals surface area contributed by atoms with Crippen molar-refractivity contribution in [2.75, 3.05) is 16.4 Å². The molecule has 0 radical (unpaired) electrons. The molecule has 4 amide bonds. The number of amides is 4. The molecule has 48 heavy (non-hydrogen) atoms. The number of carbonyl (C=O) groups excluding carboxylic acids is 4. The minimum Gasteiger partial charge on any atom is -0.444 e. The second-order valence-corrected chi connectivity index (χ2v) is 12.4. The van der Waals surface area contributed by atoms with E-state index in [9.17, 15) is 19.2 Å². The molecule has 0 spiro atoms. The van der Waals surface area contributed by atoms with Crippen molar-refractivity contribution in [3.8, 4) is 0 Å². The van der Waals surface area contributed by atoms with Gasteiger partial charge in [0.15, 0.2) is 0 Å². The Morgan fingerprint density at radius 1 is 0.625 bits per heavy atom. The summed E-state index contributed by atoms with van der Waals surface area (Å²) in [5, 5.41) is 10.7. The van der Waals surface area contributed by atoms with E-state index in [0.29, 0.717) is 31.0 Å². The summed E-state index contributed by atoms with van der Waals surface area (Å²) in [7, 11) is 0. The van der Waals surface area contributed by atoms with Gasteiger partial charge in [-0.3, -0.25) is 9.59 Å². The van der Waals surface area contributed by atoms with E-state index in [1.807, 2.05) is 96.1 Å². The molecule has 0 saturated carbocycles. The Kier molecular flexibility index (Phi) is 19.0. The molecule has 0 aliphatic heterocycles. The summed E-state index contributed by atoms with van der Waals surface area (Å²) in [6.07, 6.45) is -0.882. The fourth-order valence-corrected chi connectivity index (χ4v) is 3.62. The van der Waals surface area contributed by atoms with Gasteiger partial charge < -0.3 is 42.2 Å². The van der Waals surface area contributed by atoms with Gasteiger partial charge in [-0.25, -0.2) is 9.59 Å². The first-order valence-electron chi connectivity index (χ1n) is 15.1. The van der Waals surface area contributed by atoms with Crippen LogP contribution in [-0.4, -0.2) is 35.2 Å². The van der Waals surface area contributed by atoms with Crippen LogP contribution in [0.2, 0.25) is 0 Å². The van der Waals surface area contributed by atoms with Crippen molar-refractivity contribution in [3.63, 3.8) is 0 Å². The van der Waals surface area contributed by atoms with Crippen LogP contribution >= 0.6 is 12.4 Å². The second kappa shape index (κ2) is 21.1. The fourth-order valence-electron chi connectivity index (χ4n) is 3.62. The summed E-state index contributed by atoms with van der Waals surface area (Å²) < 4.78 is 10.2. The van der Waals surface area contributed by atoms with E-state index in [2.05, 4.69) is 21.3 Å². The number of benzene rings is 3. The van der Waals surface area contributed by atoms with Gasteiger partial charge >= 0.3 is 12.2 Å². The van der Waals surface area contributed by atoms with E-state index in [0.717, 1.165) is 22.4 Å². The summed E-state index contributed by atoms with van der Waals surface area (Å²) in [5.41, 5.74) is 15.1.